The predicted octanol–water partition coefficient (Wildman–Crippen LogP) is 2.34. The third-order valence-electron chi connectivity index (χ3n) is 1.25. The number of hydrogen-bond acceptors (Lipinski definition) is 2. The van der Waals surface area contributed by atoms with Crippen LogP contribution >= 0.6 is 23.2 Å². The smallest absolute Gasteiger partial charge is 0.211 e. The number of nitrogens with zero attached hydrogens (tertiary/aromatic N) is 1. The molecule has 0 saturated heterocycles. The van der Waals surface area contributed by atoms with Gasteiger partial charge in [0.2, 0.25) is 6.08 Å². The lowest BCUT2D eigenvalue weighted by Crippen LogP contribution is -2.02. The van der Waals surface area contributed by atoms with Crippen LogP contribution in [-0.4, -0.2) is 23.9 Å². The zero-order valence-electron chi connectivity index (χ0n) is 6.22. The molecule has 2 nitrogen and oxygen atoms in total. The Kier molecular flexibility index (Phi) is 8.03. The van der Waals surface area contributed by atoms with E-state index in [4.69, 9.17) is 23.2 Å². The molecule has 0 saturated carbocycles. The van der Waals surface area contributed by atoms with Crippen molar-refractivity contribution in [1.82, 2.24) is 0 Å². The number of isocyanates is 1. The minimum Gasteiger partial charge on any atom is -0.211 e. The monoisotopic (exact) mass is 195 g/mol. The van der Waals surface area contributed by atoms with Crippen LogP contribution in [0.15, 0.2) is 4.99 Å². The summed E-state index contributed by atoms with van der Waals surface area (Å²) in [4.78, 5) is 13.0. The van der Waals surface area contributed by atoms with Crippen molar-refractivity contribution in [1.29, 1.82) is 0 Å². The highest BCUT2D eigenvalue weighted by Crippen LogP contribution is 2.08. The van der Waals surface area contributed by atoms with Gasteiger partial charge in [-0.3, -0.25) is 0 Å². The van der Waals surface area contributed by atoms with E-state index in [1.54, 1.807) is 0 Å². The molecule has 0 aromatic carbocycles. The van der Waals surface area contributed by atoms with Crippen molar-refractivity contribution in [3.8, 4) is 0 Å². The molecule has 1 unspecified atom stereocenters. The van der Waals surface area contributed by atoms with Crippen molar-refractivity contribution in [2.45, 2.75) is 24.6 Å². The number of carbonyl (C=O) groups excluding carboxylic acids is 1. The minimum atomic E-state index is -0.0420. The third kappa shape index (κ3) is 7.86. The summed E-state index contributed by atoms with van der Waals surface area (Å²) < 4.78 is 0. The average molecular weight is 196 g/mol. The Bertz CT molecular complexity index is 134. The van der Waals surface area contributed by atoms with Gasteiger partial charge in [-0.1, -0.05) is 6.42 Å². The first-order chi connectivity index (χ1) is 5.31. The van der Waals surface area contributed by atoms with E-state index in [2.05, 4.69) is 4.99 Å². The van der Waals surface area contributed by atoms with Gasteiger partial charge in [-0.15, -0.1) is 23.2 Å². The lowest BCUT2D eigenvalue weighted by Gasteiger charge is -2.02. The Morgan fingerprint density at radius 2 is 2.18 bits per heavy atom. The summed E-state index contributed by atoms with van der Waals surface area (Å²) in [5.41, 5.74) is 0. The van der Waals surface area contributed by atoms with Crippen molar-refractivity contribution in [3.63, 3.8) is 0 Å². The molecule has 0 heterocycles. The molecule has 0 rings (SSSR count). The largest absolute Gasteiger partial charge is 0.234 e. The van der Waals surface area contributed by atoms with Gasteiger partial charge in [0.1, 0.15) is 0 Å². The average Bonchev–Trinajstić information content (AvgIpc) is 2.01. The van der Waals surface area contributed by atoms with Gasteiger partial charge in [-0.25, -0.2) is 9.79 Å². The number of halogens is 2. The maximum atomic E-state index is 9.67. The van der Waals surface area contributed by atoms with Gasteiger partial charge in [0.15, 0.2) is 0 Å². The fourth-order valence-electron chi connectivity index (χ4n) is 0.688. The van der Waals surface area contributed by atoms with E-state index in [9.17, 15) is 4.79 Å². The molecule has 0 spiro atoms. The van der Waals surface area contributed by atoms with Crippen molar-refractivity contribution in [2.75, 3.05) is 12.4 Å². The van der Waals surface area contributed by atoms with Crippen LogP contribution in [0.2, 0.25) is 0 Å². The van der Waals surface area contributed by atoms with E-state index >= 15 is 0 Å². The molecule has 1 atom stereocenters. The van der Waals surface area contributed by atoms with Crippen molar-refractivity contribution in [3.05, 3.63) is 0 Å². The molecule has 11 heavy (non-hydrogen) atoms. The molecule has 0 aliphatic rings. The highest BCUT2D eigenvalue weighted by molar-refractivity contribution is 6.20. The molecule has 0 fully saturated rings. The Morgan fingerprint density at radius 1 is 1.45 bits per heavy atom. The molecule has 0 radical (unpaired) electrons. The normalized spacial score (nSPS) is 12.2. The van der Waals surface area contributed by atoms with E-state index < -0.39 is 0 Å². The lowest BCUT2D eigenvalue weighted by molar-refractivity contribution is 0.561. The van der Waals surface area contributed by atoms with Gasteiger partial charge in [-0.2, -0.15) is 0 Å². The molecule has 0 aliphatic carbocycles. The van der Waals surface area contributed by atoms with Gasteiger partial charge < -0.3 is 0 Å². The standard InChI is InChI=1S/C7H11Cl2NO/c8-4-2-1-3-7(9)5-10-6-11/h7H,1-5H2. The Balaban J connectivity index is 3.21. The first-order valence-electron chi connectivity index (χ1n) is 3.55. The second kappa shape index (κ2) is 8.06. The van der Waals surface area contributed by atoms with E-state index in [1.165, 1.54) is 6.08 Å². The second-order valence-electron chi connectivity index (χ2n) is 2.21. The first kappa shape index (κ1) is 11.0. The van der Waals surface area contributed by atoms with E-state index in [-0.39, 0.29) is 5.38 Å². The number of alkyl halides is 2. The van der Waals surface area contributed by atoms with E-state index in [0.717, 1.165) is 19.3 Å². The Labute approximate surface area is 76.6 Å². The summed E-state index contributed by atoms with van der Waals surface area (Å²) in [5.74, 6) is 0.667. The molecule has 0 bridgehead atoms. The topological polar surface area (TPSA) is 29.4 Å². The minimum absolute atomic E-state index is 0.0420. The fourth-order valence-corrected chi connectivity index (χ4v) is 1.10. The highest BCUT2D eigenvalue weighted by atomic mass is 35.5. The summed E-state index contributed by atoms with van der Waals surface area (Å²) in [5, 5.41) is -0.0420. The maximum absolute atomic E-state index is 9.67. The molecule has 0 amide bonds. The number of rotatable bonds is 6. The molecule has 64 valence electrons. The van der Waals surface area contributed by atoms with Crippen LogP contribution in [0, 0.1) is 0 Å². The number of aliphatic imine (C=N–C) groups is 1. The van der Waals surface area contributed by atoms with Crippen molar-refractivity contribution < 1.29 is 4.79 Å². The zero-order valence-corrected chi connectivity index (χ0v) is 7.74. The van der Waals surface area contributed by atoms with Crippen LogP contribution < -0.4 is 0 Å². The third-order valence-corrected chi connectivity index (χ3v) is 1.88. The van der Waals surface area contributed by atoms with E-state index in [1.807, 2.05) is 0 Å². The summed E-state index contributed by atoms with van der Waals surface area (Å²) in [6, 6.07) is 0. The van der Waals surface area contributed by atoms with Crippen LogP contribution in [0.5, 0.6) is 0 Å². The molecular formula is C7H11Cl2NO. The Morgan fingerprint density at radius 3 is 2.73 bits per heavy atom. The summed E-state index contributed by atoms with van der Waals surface area (Å²) in [6.45, 7) is 0.368. The molecule has 0 aromatic rings. The van der Waals surface area contributed by atoms with Crippen LogP contribution in [-0.2, 0) is 4.79 Å². The predicted molar refractivity (Wildman–Crippen MR) is 47.2 cm³/mol. The number of unbranched alkanes of at least 4 members (excludes halogenated alkanes) is 1. The van der Waals surface area contributed by atoms with Crippen LogP contribution in [0.3, 0.4) is 0 Å². The van der Waals surface area contributed by atoms with Gasteiger partial charge in [-0.05, 0) is 12.8 Å². The quantitative estimate of drug-likeness (QED) is 0.277. The van der Waals surface area contributed by atoms with E-state index in [0.29, 0.717) is 12.4 Å². The highest BCUT2D eigenvalue weighted by Gasteiger charge is 2.01. The fraction of sp³-hybridized carbons (Fsp3) is 0.857. The molecule has 0 aliphatic heterocycles. The molecule has 0 N–H and O–H groups in total. The van der Waals surface area contributed by atoms with Crippen LogP contribution in [0.1, 0.15) is 19.3 Å². The molecule has 4 heteroatoms. The SMILES string of the molecule is O=C=NCC(Cl)CCCCCl. The van der Waals surface area contributed by atoms with Crippen LogP contribution in [0.25, 0.3) is 0 Å². The van der Waals surface area contributed by atoms with Gasteiger partial charge in [0, 0.05) is 5.88 Å². The maximum Gasteiger partial charge on any atom is 0.234 e. The van der Waals surface area contributed by atoms with Gasteiger partial charge in [0.25, 0.3) is 0 Å². The zero-order chi connectivity index (χ0) is 8.53. The molecule has 0 aromatic heterocycles. The Hall–Kier alpha value is -0.0400. The van der Waals surface area contributed by atoms with Crippen molar-refractivity contribution in [2.24, 2.45) is 4.99 Å². The van der Waals surface area contributed by atoms with Crippen molar-refractivity contribution >= 4 is 29.3 Å². The van der Waals surface area contributed by atoms with Gasteiger partial charge >= 0.3 is 0 Å². The molecular weight excluding hydrogens is 185 g/mol. The lowest BCUT2D eigenvalue weighted by atomic mass is 10.2. The number of hydrogen-bond donors (Lipinski definition) is 0. The summed E-state index contributed by atoms with van der Waals surface area (Å²) in [6.07, 6.45) is 4.27. The summed E-state index contributed by atoms with van der Waals surface area (Å²) in [7, 11) is 0. The van der Waals surface area contributed by atoms with Gasteiger partial charge in [0.05, 0.1) is 11.9 Å². The van der Waals surface area contributed by atoms with Crippen LogP contribution in [0.4, 0.5) is 0 Å². The summed E-state index contributed by atoms with van der Waals surface area (Å²) >= 11 is 11.2. The second-order valence-corrected chi connectivity index (χ2v) is 3.21. The first-order valence-corrected chi connectivity index (χ1v) is 4.52.